The molecule has 4 aromatic rings. The molecule has 0 aliphatic carbocycles. The van der Waals surface area contributed by atoms with E-state index in [1.807, 2.05) is 39.1 Å². The maximum atomic E-state index is 14.5. The number of nitrogens with one attached hydrogen (secondary N) is 1. The van der Waals surface area contributed by atoms with Crippen molar-refractivity contribution in [2.45, 2.75) is 71.0 Å². The van der Waals surface area contributed by atoms with Crippen molar-refractivity contribution in [2.75, 3.05) is 36.5 Å². The van der Waals surface area contributed by atoms with Crippen molar-refractivity contribution in [2.24, 2.45) is 5.41 Å². The Labute approximate surface area is 288 Å². The highest BCUT2D eigenvalue weighted by Gasteiger charge is 2.32. The average molecular weight is 686 g/mol. The highest BCUT2D eigenvalue weighted by molar-refractivity contribution is 7.92. The molecule has 2 unspecified atom stereocenters. The van der Waals surface area contributed by atoms with Gasteiger partial charge in [-0.15, -0.1) is 0 Å². The first-order valence-corrected chi connectivity index (χ1v) is 17.9. The van der Waals surface area contributed by atoms with Crippen molar-refractivity contribution in [3.8, 4) is 17.1 Å². The van der Waals surface area contributed by atoms with Gasteiger partial charge in [0.15, 0.2) is 0 Å². The smallest absolute Gasteiger partial charge is 0.264 e. The number of sulfonamides is 1. The number of benzene rings is 2. The molecule has 2 aliphatic rings. The topological polar surface area (TPSA) is 140 Å². The van der Waals surface area contributed by atoms with Crippen LogP contribution in [0.3, 0.4) is 0 Å². The van der Waals surface area contributed by atoms with Gasteiger partial charge < -0.3 is 19.3 Å². The monoisotopic (exact) mass is 685 g/mol. The van der Waals surface area contributed by atoms with Crippen LogP contribution in [0.2, 0.25) is 0 Å². The number of hydrogen-bond acceptors (Lipinski definition) is 10. The number of aromatic nitrogens is 4. The van der Waals surface area contributed by atoms with Crippen LogP contribution in [-0.2, 0) is 21.3 Å². The number of aryl methyl sites for hydroxylation is 2. The third kappa shape index (κ3) is 7.83. The Balaban J connectivity index is 1.45. The van der Waals surface area contributed by atoms with Crippen LogP contribution in [0, 0.1) is 19.3 Å². The van der Waals surface area contributed by atoms with E-state index in [-0.39, 0.29) is 52.8 Å². The first-order valence-electron chi connectivity index (χ1n) is 16.4. The van der Waals surface area contributed by atoms with Gasteiger partial charge in [-0.25, -0.2) is 23.1 Å². The van der Waals surface area contributed by atoms with Crippen molar-refractivity contribution in [1.29, 1.82) is 0 Å². The minimum Gasteiger partial charge on any atom is -0.475 e. The molecule has 0 radical (unpaired) electrons. The maximum Gasteiger partial charge on any atom is 0.264 e. The standard InChI is InChI=1S/C36H43N7O5S/c1-23-9-7-10-24(2)33(23)30-16-32-40-35(39-30)41-49(45,46)29-12-8-11-25(15-29)34(44)43(28(22-48-32)17-36(3,4)5)20-26-18-37-19-31(38-26)42(6)27-13-14-47-21-27/h7-12,15-16,18-19,27-28H,13-14,17,20-22H2,1-6H3,(H,39,40,41). The van der Waals surface area contributed by atoms with Gasteiger partial charge in [0.2, 0.25) is 11.8 Å². The number of carbonyl (C=O) groups is 1. The molecular formula is C36H43N7O5S. The van der Waals surface area contributed by atoms with E-state index >= 15 is 0 Å². The molecule has 6 rings (SSSR count). The number of amides is 1. The van der Waals surface area contributed by atoms with E-state index in [1.165, 1.54) is 12.1 Å². The quantitative estimate of drug-likeness (QED) is 0.280. The van der Waals surface area contributed by atoms with Gasteiger partial charge in [-0.3, -0.25) is 9.78 Å². The number of nitrogens with zero attached hydrogens (tertiary/aromatic N) is 6. The molecule has 12 nitrogen and oxygen atoms in total. The molecule has 1 saturated heterocycles. The summed E-state index contributed by atoms with van der Waals surface area (Å²) in [6, 6.07) is 13.4. The lowest BCUT2D eigenvalue weighted by atomic mass is 9.87. The van der Waals surface area contributed by atoms with Gasteiger partial charge in [-0.1, -0.05) is 45.0 Å². The summed E-state index contributed by atoms with van der Waals surface area (Å²) in [5.74, 6) is 0.388. The van der Waals surface area contributed by atoms with Crippen molar-refractivity contribution in [3.63, 3.8) is 0 Å². The molecule has 4 bridgehead atoms. The zero-order chi connectivity index (χ0) is 34.9. The molecule has 1 N–H and O–H groups in total. The summed E-state index contributed by atoms with van der Waals surface area (Å²) >= 11 is 0. The molecule has 13 heteroatoms. The Morgan fingerprint density at radius 1 is 1.00 bits per heavy atom. The van der Waals surface area contributed by atoms with Crippen LogP contribution in [0.4, 0.5) is 11.8 Å². The predicted molar refractivity (Wildman–Crippen MR) is 187 cm³/mol. The van der Waals surface area contributed by atoms with Crippen LogP contribution in [0.25, 0.3) is 11.3 Å². The number of ether oxygens (including phenoxy) is 2. The van der Waals surface area contributed by atoms with Crippen molar-refractivity contribution >= 4 is 27.7 Å². The Kier molecular flexibility index (Phi) is 9.58. The number of rotatable bonds is 6. The van der Waals surface area contributed by atoms with Crippen LogP contribution in [0.1, 0.15) is 60.8 Å². The van der Waals surface area contributed by atoms with Gasteiger partial charge in [0, 0.05) is 30.8 Å². The number of anilines is 2. The van der Waals surface area contributed by atoms with Gasteiger partial charge in [0.25, 0.3) is 15.9 Å². The largest absolute Gasteiger partial charge is 0.475 e. The van der Waals surface area contributed by atoms with Crippen LogP contribution in [0.15, 0.2) is 65.8 Å². The van der Waals surface area contributed by atoms with Crippen molar-refractivity contribution < 1.29 is 22.7 Å². The zero-order valence-electron chi connectivity index (χ0n) is 28.8. The molecule has 2 atom stereocenters. The summed E-state index contributed by atoms with van der Waals surface area (Å²) in [5.41, 5.74) is 3.93. The lowest BCUT2D eigenvalue weighted by Gasteiger charge is -2.35. The van der Waals surface area contributed by atoms with Gasteiger partial charge in [0.05, 0.1) is 53.9 Å². The normalized spacial score (nSPS) is 19.2. The molecule has 4 heterocycles. The summed E-state index contributed by atoms with van der Waals surface area (Å²) in [6.07, 6.45) is 4.83. The van der Waals surface area contributed by atoms with Gasteiger partial charge in [-0.2, -0.15) is 4.98 Å². The number of fused-ring (bicyclic) bond motifs is 4. The Hall–Kier alpha value is -4.62. The second-order valence-electron chi connectivity index (χ2n) is 14.0. The first-order chi connectivity index (χ1) is 23.3. The van der Waals surface area contributed by atoms with E-state index in [0.717, 1.165) is 23.1 Å². The number of likely N-dealkylation sites (N-methyl/N-ethyl adjacent to an activating group) is 1. The Morgan fingerprint density at radius 2 is 1.76 bits per heavy atom. The molecule has 2 aromatic carbocycles. The molecule has 2 aliphatic heterocycles. The predicted octanol–water partition coefficient (Wildman–Crippen LogP) is 5.42. The first kappa shape index (κ1) is 34.3. The van der Waals surface area contributed by atoms with E-state index in [9.17, 15) is 13.2 Å². The minimum absolute atomic E-state index is 0.0874. The van der Waals surface area contributed by atoms with E-state index in [0.29, 0.717) is 36.8 Å². The summed E-state index contributed by atoms with van der Waals surface area (Å²) in [4.78, 5) is 36.7. The molecule has 1 amide bonds. The summed E-state index contributed by atoms with van der Waals surface area (Å²) in [7, 11) is -2.21. The fraction of sp³-hybridized carbons (Fsp3) is 0.417. The van der Waals surface area contributed by atoms with E-state index in [2.05, 4.69) is 45.3 Å². The molecule has 258 valence electrons. The van der Waals surface area contributed by atoms with Gasteiger partial charge in [0.1, 0.15) is 12.4 Å². The van der Waals surface area contributed by atoms with Crippen LogP contribution in [-0.4, -0.2) is 78.1 Å². The molecule has 1 fully saturated rings. The second-order valence-corrected chi connectivity index (χ2v) is 15.7. The number of hydrogen-bond donors (Lipinski definition) is 1. The molecule has 0 saturated carbocycles. The van der Waals surface area contributed by atoms with Crippen LogP contribution >= 0.6 is 0 Å². The summed E-state index contributed by atoms with van der Waals surface area (Å²) < 4.78 is 41.9. The molecular weight excluding hydrogens is 643 g/mol. The Morgan fingerprint density at radius 3 is 2.47 bits per heavy atom. The maximum absolute atomic E-state index is 14.5. The highest BCUT2D eigenvalue weighted by atomic mass is 32.2. The second kappa shape index (κ2) is 13.7. The van der Waals surface area contributed by atoms with Crippen LogP contribution < -0.4 is 14.4 Å². The van der Waals surface area contributed by atoms with Gasteiger partial charge >= 0.3 is 0 Å². The van der Waals surface area contributed by atoms with Crippen molar-refractivity contribution in [3.05, 3.63) is 83.3 Å². The van der Waals surface area contributed by atoms with Crippen molar-refractivity contribution in [1.82, 2.24) is 24.8 Å². The Bertz CT molecular complexity index is 1940. The van der Waals surface area contributed by atoms with E-state index in [4.69, 9.17) is 14.5 Å². The third-order valence-electron chi connectivity index (χ3n) is 8.85. The lowest BCUT2D eigenvalue weighted by molar-refractivity contribution is 0.0509. The lowest BCUT2D eigenvalue weighted by Crippen LogP contribution is -2.45. The van der Waals surface area contributed by atoms with Gasteiger partial charge in [-0.05, 0) is 61.4 Å². The average Bonchev–Trinajstić information content (AvgIpc) is 3.59. The fourth-order valence-electron chi connectivity index (χ4n) is 6.38. The minimum atomic E-state index is -4.18. The molecule has 49 heavy (non-hydrogen) atoms. The highest BCUT2D eigenvalue weighted by Crippen LogP contribution is 2.32. The molecule has 2 aromatic heterocycles. The van der Waals surface area contributed by atoms with E-state index < -0.39 is 16.1 Å². The third-order valence-corrected chi connectivity index (χ3v) is 10.2. The summed E-state index contributed by atoms with van der Waals surface area (Å²) in [6.45, 7) is 11.8. The van der Waals surface area contributed by atoms with Crippen LogP contribution in [0.5, 0.6) is 5.88 Å². The SMILES string of the molecule is Cc1cccc(C)c1-c1cc2nc(n1)NS(=O)(=O)c1cccc(c1)C(=O)N(Cc1cncc(N(C)C3CCOC3)n1)C(CC(C)(C)C)CO2. The number of carbonyl (C=O) groups excluding carboxylic acids is 1. The summed E-state index contributed by atoms with van der Waals surface area (Å²) in [5, 5.41) is 0. The van der Waals surface area contributed by atoms with E-state index in [1.54, 1.807) is 35.5 Å². The zero-order valence-corrected chi connectivity index (χ0v) is 29.6. The fourth-order valence-corrected chi connectivity index (χ4v) is 7.37. The molecule has 0 spiro atoms.